The Morgan fingerprint density at radius 2 is 1.86 bits per heavy atom. The lowest BCUT2D eigenvalue weighted by molar-refractivity contribution is -0.134. The summed E-state index contributed by atoms with van der Waals surface area (Å²) in [6.07, 6.45) is 1.01. The van der Waals surface area contributed by atoms with Crippen LogP contribution in [-0.2, 0) is 11.2 Å². The number of carbonyl (C=O) groups is 1. The molecule has 0 unspecified atom stereocenters. The number of aryl methyl sites for hydroxylation is 3. The van der Waals surface area contributed by atoms with Crippen LogP contribution in [-0.4, -0.2) is 5.97 Å². The molecule has 0 heterocycles. The normalized spacial score (nSPS) is 9.95. The smallest absolute Gasteiger partial charge is 0.311 e. The van der Waals surface area contributed by atoms with Gasteiger partial charge in [0.25, 0.3) is 0 Å². The third-order valence-electron chi connectivity index (χ3n) is 3.31. The number of nitriles is 1. The van der Waals surface area contributed by atoms with Gasteiger partial charge in [-0.05, 0) is 55.7 Å². The fourth-order valence-electron chi connectivity index (χ4n) is 2.14. The molecule has 2 aromatic carbocycles. The van der Waals surface area contributed by atoms with E-state index in [0.717, 1.165) is 5.56 Å². The summed E-state index contributed by atoms with van der Waals surface area (Å²) >= 11 is 0. The third-order valence-corrected chi connectivity index (χ3v) is 3.31. The molecule has 0 aliphatic carbocycles. The monoisotopic (exact) mass is 279 g/mol. The van der Waals surface area contributed by atoms with Gasteiger partial charge in [0, 0.05) is 6.42 Å². The molecule has 3 nitrogen and oxygen atoms in total. The van der Waals surface area contributed by atoms with Crippen molar-refractivity contribution in [1.82, 2.24) is 0 Å². The van der Waals surface area contributed by atoms with E-state index >= 15 is 0 Å². The maximum Gasteiger partial charge on any atom is 0.311 e. The van der Waals surface area contributed by atoms with Crippen LogP contribution < -0.4 is 4.74 Å². The van der Waals surface area contributed by atoms with Gasteiger partial charge in [-0.3, -0.25) is 4.79 Å². The molecule has 0 amide bonds. The van der Waals surface area contributed by atoms with E-state index in [0.29, 0.717) is 24.2 Å². The summed E-state index contributed by atoms with van der Waals surface area (Å²) in [5.74, 6) is 0.208. The number of ether oxygens (including phenoxy) is 1. The number of nitrogens with zero attached hydrogens (tertiary/aromatic N) is 1. The number of hydrogen-bond acceptors (Lipinski definition) is 3. The summed E-state index contributed by atoms with van der Waals surface area (Å²) in [6.45, 7) is 4.10. The predicted octanol–water partition coefficient (Wildman–Crippen LogP) is 3.71. The van der Waals surface area contributed by atoms with E-state index < -0.39 is 0 Å². The predicted molar refractivity (Wildman–Crippen MR) is 81.0 cm³/mol. The summed E-state index contributed by atoms with van der Waals surface area (Å²) < 4.78 is 5.25. The van der Waals surface area contributed by atoms with Gasteiger partial charge in [0.15, 0.2) is 0 Å². The zero-order valence-corrected chi connectivity index (χ0v) is 12.2. The van der Waals surface area contributed by atoms with Gasteiger partial charge in [-0.2, -0.15) is 5.26 Å². The van der Waals surface area contributed by atoms with Crippen LogP contribution in [0.2, 0.25) is 0 Å². The van der Waals surface area contributed by atoms with Crippen molar-refractivity contribution < 1.29 is 9.53 Å². The first-order valence-corrected chi connectivity index (χ1v) is 6.85. The van der Waals surface area contributed by atoms with E-state index in [2.05, 4.69) is 19.1 Å². The molecule has 21 heavy (non-hydrogen) atoms. The average molecular weight is 279 g/mol. The number of hydrogen-bond donors (Lipinski definition) is 0. The molecular formula is C18H17NO2. The molecule has 0 aliphatic rings. The maximum absolute atomic E-state index is 11.8. The second kappa shape index (κ2) is 6.71. The fraction of sp³-hybridized carbons (Fsp3) is 0.222. The number of esters is 1. The van der Waals surface area contributed by atoms with Gasteiger partial charge in [-0.15, -0.1) is 0 Å². The lowest BCUT2D eigenvalue weighted by Crippen LogP contribution is -2.09. The van der Waals surface area contributed by atoms with Crippen LogP contribution in [0.4, 0.5) is 0 Å². The lowest BCUT2D eigenvalue weighted by atomic mass is 10.0. The van der Waals surface area contributed by atoms with Crippen molar-refractivity contribution in [2.45, 2.75) is 26.7 Å². The Morgan fingerprint density at radius 1 is 1.14 bits per heavy atom. The first kappa shape index (κ1) is 14.8. The minimum absolute atomic E-state index is 0.264. The second-order valence-electron chi connectivity index (χ2n) is 5.04. The Labute approximate surface area is 124 Å². The highest BCUT2D eigenvalue weighted by Gasteiger charge is 2.07. The van der Waals surface area contributed by atoms with Crippen molar-refractivity contribution in [2.75, 3.05) is 0 Å². The molecule has 0 N–H and O–H groups in total. The van der Waals surface area contributed by atoms with Crippen LogP contribution in [0.3, 0.4) is 0 Å². The largest absolute Gasteiger partial charge is 0.427 e. The zero-order chi connectivity index (χ0) is 15.2. The number of rotatable bonds is 4. The SMILES string of the molecule is Cc1ccc(CCC(=O)Oc2ccc(C#N)cc2)c(C)c1. The molecule has 3 heteroatoms. The van der Waals surface area contributed by atoms with Crippen LogP contribution in [0.25, 0.3) is 0 Å². The molecule has 0 saturated heterocycles. The van der Waals surface area contributed by atoms with Crippen molar-refractivity contribution in [3.63, 3.8) is 0 Å². The standard InChI is InChI=1S/C18H17NO2/c1-13-3-6-16(14(2)11-13)7-10-18(20)21-17-8-4-15(12-19)5-9-17/h3-6,8-9,11H,7,10H2,1-2H3. The summed E-state index contributed by atoms with van der Waals surface area (Å²) in [5.41, 5.74) is 4.13. The molecule has 0 atom stereocenters. The van der Waals surface area contributed by atoms with Gasteiger partial charge in [0.2, 0.25) is 0 Å². The van der Waals surface area contributed by atoms with E-state index in [-0.39, 0.29) is 5.97 Å². The molecule has 0 aromatic heterocycles. The molecule has 2 aromatic rings. The highest BCUT2D eigenvalue weighted by molar-refractivity contribution is 5.72. The van der Waals surface area contributed by atoms with Gasteiger partial charge >= 0.3 is 5.97 Å². The molecule has 2 rings (SSSR count). The lowest BCUT2D eigenvalue weighted by Gasteiger charge is -2.07. The third kappa shape index (κ3) is 4.19. The van der Waals surface area contributed by atoms with Crippen molar-refractivity contribution in [3.8, 4) is 11.8 Å². The van der Waals surface area contributed by atoms with E-state index in [1.807, 2.05) is 19.1 Å². The van der Waals surface area contributed by atoms with Crippen molar-refractivity contribution in [3.05, 3.63) is 64.7 Å². The molecule has 0 spiro atoms. The summed E-state index contributed by atoms with van der Waals surface area (Å²) in [5, 5.41) is 8.71. The second-order valence-corrected chi connectivity index (χ2v) is 5.04. The molecule has 0 saturated carbocycles. The summed E-state index contributed by atoms with van der Waals surface area (Å²) in [6, 6.07) is 14.8. The maximum atomic E-state index is 11.8. The van der Waals surface area contributed by atoms with Gasteiger partial charge < -0.3 is 4.74 Å². The fourth-order valence-corrected chi connectivity index (χ4v) is 2.14. The molecule has 106 valence electrons. The first-order chi connectivity index (χ1) is 10.1. The van der Waals surface area contributed by atoms with Crippen molar-refractivity contribution in [1.29, 1.82) is 5.26 Å². The zero-order valence-electron chi connectivity index (χ0n) is 12.2. The van der Waals surface area contributed by atoms with Gasteiger partial charge in [0.05, 0.1) is 11.6 Å². The number of carbonyl (C=O) groups excluding carboxylic acids is 1. The van der Waals surface area contributed by atoms with Crippen LogP contribution in [0.1, 0.15) is 28.7 Å². The van der Waals surface area contributed by atoms with Crippen LogP contribution in [0, 0.1) is 25.2 Å². The Bertz CT molecular complexity index is 681. The van der Waals surface area contributed by atoms with Crippen molar-refractivity contribution >= 4 is 5.97 Å². The van der Waals surface area contributed by atoms with E-state index in [1.165, 1.54) is 11.1 Å². The van der Waals surface area contributed by atoms with E-state index in [9.17, 15) is 4.79 Å². The van der Waals surface area contributed by atoms with E-state index in [1.54, 1.807) is 24.3 Å². The van der Waals surface area contributed by atoms with Gasteiger partial charge in [-0.1, -0.05) is 23.8 Å². The van der Waals surface area contributed by atoms with Crippen LogP contribution in [0.5, 0.6) is 5.75 Å². The quantitative estimate of drug-likeness (QED) is 0.633. The first-order valence-electron chi connectivity index (χ1n) is 6.85. The van der Waals surface area contributed by atoms with Gasteiger partial charge in [0.1, 0.15) is 5.75 Å². The van der Waals surface area contributed by atoms with Gasteiger partial charge in [-0.25, -0.2) is 0 Å². The Hall–Kier alpha value is -2.60. The molecule has 0 radical (unpaired) electrons. The van der Waals surface area contributed by atoms with Crippen LogP contribution >= 0.6 is 0 Å². The molecule has 0 fully saturated rings. The number of benzene rings is 2. The molecule has 0 aliphatic heterocycles. The Balaban J connectivity index is 1.91. The summed E-state index contributed by atoms with van der Waals surface area (Å²) in [7, 11) is 0. The molecule has 0 bridgehead atoms. The minimum atomic E-state index is -0.264. The minimum Gasteiger partial charge on any atom is -0.427 e. The Kier molecular flexibility index (Phi) is 4.73. The summed E-state index contributed by atoms with van der Waals surface area (Å²) in [4.78, 5) is 11.8. The average Bonchev–Trinajstić information content (AvgIpc) is 2.47. The van der Waals surface area contributed by atoms with Crippen molar-refractivity contribution in [2.24, 2.45) is 0 Å². The van der Waals surface area contributed by atoms with Crippen LogP contribution in [0.15, 0.2) is 42.5 Å². The molecular weight excluding hydrogens is 262 g/mol. The highest BCUT2D eigenvalue weighted by Crippen LogP contribution is 2.15. The van der Waals surface area contributed by atoms with E-state index in [4.69, 9.17) is 10.00 Å². The Morgan fingerprint density at radius 3 is 2.48 bits per heavy atom. The topological polar surface area (TPSA) is 50.1 Å². The highest BCUT2D eigenvalue weighted by atomic mass is 16.5.